The third kappa shape index (κ3) is 4.21. The van der Waals surface area contributed by atoms with Crippen LogP contribution in [0.1, 0.15) is 53.4 Å². The summed E-state index contributed by atoms with van der Waals surface area (Å²) in [7, 11) is 0. The molecule has 1 aliphatic heterocycles. The van der Waals surface area contributed by atoms with Gasteiger partial charge in [0.15, 0.2) is 0 Å². The number of carboxylic acids is 1. The van der Waals surface area contributed by atoms with E-state index >= 15 is 0 Å². The van der Waals surface area contributed by atoms with Gasteiger partial charge in [0, 0.05) is 22.7 Å². The second kappa shape index (κ2) is 9.38. The molecule has 0 saturated heterocycles. The van der Waals surface area contributed by atoms with E-state index in [2.05, 4.69) is 72.7 Å². The van der Waals surface area contributed by atoms with Gasteiger partial charge in [-0.3, -0.25) is 0 Å². The van der Waals surface area contributed by atoms with Gasteiger partial charge in [0.2, 0.25) is 0 Å². The molecular weight excluding hydrogens is 420 g/mol. The number of fused-ring (bicyclic) bond motifs is 2. The number of H-pyrrole nitrogens is 1. The summed E-state index contributed by atoms with van der Waals surface area (Å²) < 4.78 is 0. The number of hydrogen-bond donors (Lipinski definition) is 3. The van der Waals surface area contributed by atoms with E-state index in [0.29, 0.717) is 17.7 Å². The number of aryl methyl sites for hydroxylation is 2. The summed E-state index contributed by atoms with van der Waals surface area (Å²) in [6.07, 6.45) is 4.99. The highest BCUT2D eigenvalue weighted by Gasteiger charge is 2.24. The summed E-state index contributed by atoms with van der Waals surface area (Å²) in [5, 5.41) is 14.7. The lowest BCUT2D eigenvalue weighted by molar-refractivity contribution is 0.0690. The molecule has 1 aliphatic rings. The number of rotatable bonds is 7. The number of aromatic nitrogens is 1. The maximum Gasteiger partial charge on any atom is 0.352 e. The van der Waals surface area contributed by atoms with E-state index in [1.807, 2.05) is 18.2 Å². The zero-order valence-corrected chi connectivity index (χ0v) is 19.9. The number of carboxylic acid groups (broad SMARTS) is 1. The normalized spacial score (nSPS) is 17.4. The second-order valence-corrected chi connectivity index (χ2v) is 9.66. The van der Waals surface area contributed by atoms with Gasteiger partial charge in [-0.2, -0.15) is 0 Å². The number of benzene rings is 3. The molecule has 3 N–H and O–H groups in total. The largest absolute Gasteiger partial charge is 0.477 e. The molecule has 0 bridgehead atoms. The van der Waals surface area contributed by atoms with Crippen LogP contribution in [0.4, 0.5) is 5.69 Å². The molecule has 0 aliphatic carbocycles. The summed E-state index contributed by atoms with van der Waals surface area (Å²) in [4.78, 5) is 15.4. The summed E-state index contributed by atoms with van der Waals surface area (Å²) in [5.74, 6) is -0.296. The summed E-state index contributed by atoms with van der Waals surface area (Å²) in [5.41, 5.74) is 8.21. The Morgan fingerprint density at radius 2 is 1.74 bits per heavy atom. The van der Waals surface area contributed by atoms with Crippen molar-refractivity contribution in [3.05, 3.63) is 89.1 Å². The van der Waals surface area contributed by atoms with Crippen LogP contribution < -0.4 is 5.32 Å². The molecule has 0 amide bonds. The molecule has 0 fully saturated rings. The predicted molar refractivity (Wildman–Crippen MR) is 140 cm³/mol. The van der Waals surface area contributed by atoms with Crippen LogP contribution in [0.15, 0.2) is 66.7 Å². The van der Waals surface area contributed by atoms with Gasteiger partial charge in [0.25, 0.3) is 0 Å². The van der Waals surface area contributed by atoms with Crippen LogP contribution >= 0.6 is 0 Å². The fourth-order valence-corrected chi connectivity index (χ4v) is 5.51. The van der Waals surface area contributed by atoms with E-state index in [1.54, 1.807) is 0 Å². The van der Waals surface area contributed by atoms with E-state index < -0.39 is 5.97 Å². The zero-order valence-electron chi connectivity index (χ0n) is 19.9. The van der Waals surface area contributed by atoms with Crippen LogP contribution in [0.3, 0.4) is 0 Å². The number of anilines is 1. The van der Waals surface area contributed by atoms with Crippen LogP contribution in [0.25, 0.3) is 22.0 Å². The molecule has 4 aromatic rings. The molecule has 4 heteroatoms. The van der Waals surface area contributed by atoms with Crippen molar-refractivity contribution in [3.63, 3.8) is 0 Å². The van der Waals surface area contributed by atoms with Crippen molar-refractivity contribution >= 4 is 22.6 Å². The maximum absolute atomic E-state index is 12.1. The molecular formula is C30H32N2O2. The van der Waals surface area contributed by atoms with E-state index in [1.165, 1.54) is 16.8 Å². The molecule has 0 spiro atoms. The fraction of sp³-hybridized carbons (Fsp3) is 0.300. The van der Waals surface area contributed by atoms with Crippen LogP contribution in [-0.4, -0.2) is 22.1 Å². The van der Waals surface area contributed by atoms with Crippen molar-refractivity contribution < 1.29 is 9.90 Å². The van der Waals surface area contributed by atoms with Gasteiger partial charge in [0.05, 0.1) is 5.52 Å². The van der Waals surface area contributed by atoms with Crippen molar-refractivity contribution in [1.82, 2.24) is 4.98 Å². The average molecular weight is 453 g/mol. The topological polar surface area (TPSA) is 65.1 Å². The minimum atomic E-state index is -0.888. The van der Waals surface area contributed by atoms with Crippen LogP contribution in [0, 0.1) is 12.8 Å². The summed E-state index contributed by atoms with van der Waals surface area (Å²) in [6, 6.07) is 23.5. The van der Waals surface area contributed by atoms with Gasteiger partial charge in [-0.1, -0.05) is 74.0 Å². The highest BCUT2D eigenvalue weighted by molar-refractivity contribution is 6.03. The molecule has 0 saturated carbocycles. The number of aromatic amines is 1. The lowest BCUT2D eigenvalue weighted by Crippen LogP contribution is -2.33. The molecule has 4 nitrogen and oxygen atoms in total. The molecule has 3 aromatic carbocycles. The van der Waals surface area contributed by atoms with Crippen molar-refractivity contribution in [1.29, 1.82) is 0 Å². The lowest BCUT2D eigenvalue weighted by atomic mass is 9.86. The molecule has 2 heterocycles. The Hall–Kier alpha value is -3.53. The molecule has 174 valence electrons. The van der Waals surface area contributed by atoms with Crippen molar-refractivity contribution in [2.45, 2.75) is 52.0 Å². The lowest BCUT2D eigenvalue weighted by Gasteiger charge is -2.32. The number of hydrogen-bond acceptors (Lipinski definition) is 2. The third-order valence-electron chi connectivity index (χ3n) is 7.37. The van der Waals surface area contributed by atoms with Crippen molar-refractivity contribution in [2.75, 3.05) is 5.32 Å². The van der Waals surface area contributed by atoms with Crippen molar-refractivity contribution in [2.24, 2.45) is 5.92 Å². The molecule has 1 aromatic heterocycles. The molecule has 2 unspecified atom stereocenters. The molecule has 5 rings (SSSR count). The van der Waals surface area contributed by atoms with E-state index in [-0.39, 0.29) is 0 Å². The Kier molecular flexibility index (Phi) is 6.14. The maximum atomic E-state index is 12.1. The second-order valence-electron chi connectivity index (χ2n) is 9.66. The highest BCUT2D eigenvalue weighted by atomic mass is 16.4. The Balaban J connectivity index is 1.34. The zero-order chi connectivity index (χ0) is 23.7. The van der Waals surface area contributed by atoms with Crippen LogP contribution in [0.5, 0.6) is 0 Å². The van der Waals surface area contributed by atoms with Gasteiger partial charge in [0.1, 0.15) is 5.69 Å². The molecule has 34 heavy (non-hydrogen) atoms. The predicted octanol–water partition coefficient (Wildman–Crippen LogP) is 7.23. The molecule has 0 radical (unpaired) electrons. The van der Waals surface area contributed by atoms with Gasteiger partial charge < -0.3 is 15.4 Å². The Morgan fingerprint density at radius 1 is 0.971 bits per heavy atom. The van der Waals surface area contributed by atoms with E-state index in [4.69, 9.17) is 0 Å². The van der Waals surface area contributed by atoms with Crippen molar-refractivity contribution in [3.8, 4) is 11.1 Å². The fourth-order valence-electron chi connectivity index (χ4n) is 5.51. The minimum Gasteiger partial charge on any atom is -0.477 e. The Bertz CT molecular complexity index is 1340. The monoisotopic (exact) mass is 452 g/mol. The summed E-state index contributed by atoms with van der Waals surface area (Å²) >= 11 is 0. The standard InChI is InChI=1S/C30H32N2O2/c1-19-10-3-5-12-22(19)23-14-9-15-24-25(29(30(33)34)32-28(23)24)13-6-8-16-26-20(2)18-21-11-4-7-17-27(21)31-26/h3-5,7,9-12,14-15,17,20,26,31-32H,6,8,13,16,18H2,1-2H3,(H,33,34). The first kappa shape index (κ1) is 22.3. The highest BCUT2D eigenvalue weighted by Crippen LogP contribution is 2.35. The number of aromatic carboxylic acids is 1. The van der Waals surface area contributed by atoms with Gasteiger partial charge in [-0.25, -0.2) is 4.79 Å². The first-order valence-electron chi connectivity index (χ1n) is 12.3. The van der Waals surface area contributed by atoms with Gasteiger partial charge >= 0.3 is 5.97 Å². The van der Waals surface area contributed by atoms with Crippen LogP contribution in [-0.2, 0) is 12.8 Å². The van der Waals surface area contributed by atoms with Crippen LogP contribution in [0.2, 0.25) is 0 Å². The smallest absolute Gasteiger partial charge is 0.352 e. The van der Waals surface area contributed by atoms with E-state index in [0.717, 1.165) is 59.7 Å². The quantitative estimate of drug-likeness (QED) is 0.259. The molecule has 2 atom stereocenters. The minimum absolute atomic E-state index is 0.328. The number of para-hydroxylation sites is 2. The third-order valence-corrected chi connectivity index (χ3v) is 7.37. The number of nitrogens with one attached hydrogen (secondary N) is 2. The number of carbonyl (C=O) groups is 1. The SMILES string of the molecule is Cc1ccccc1-c1cccc2c(CCCCC3Nc4ccccc4CC3C)c(C(=O)O)[nH]c12. The number of unbranched alkanes of at least 4 members (excludes halogenated alkanes) is 1. The van der Waals surface area contributed by atoms with Gasteiger partial charge in [-0.05, 0) is 66.8 Å². The first-order valence-corrected chi connectivity index (χ1v) is 12.3. The Labute approximate surface area is 201 Å². The van der Waals surface area contributed by atoms with Gasteiger partial charge in [-0.15, -0.1) is 0 Å². The first-order chi connectivity index (χ1) is 16.5. The van der Waals surface area contributed by atoms with E-state index in [9.17, 15) is 9.90 Å². The Morgan fingerprint density at radius 3 is 2.56 bits per heavy atom. The average Bonchev–Trinajstić information content (AvgIpc) is 3.21. The summed E-state index contributed by atoms with van der Waals surface area (Å²) in [6.45, 7) is 4.41.